The largest absolute Gasteiger partial charge is 0.387 e. The first-order valence-electron chi connectivity index (χ1n) is 5.69. The maximum atomic E-state index is 7.46. The molecule has 1 saturated heterocycles. The summed E-state index contributed by atoms with van der Waals surface area (Å²) in [7, 11) is 0. The molecule has 0 aromatic heterocycles. The van der Waals surface area contributed by atoms with Crippen molar-refractivity contribution in [2.24, 2.45) is 17.6 Å². The summed E-state index contributed by atoms with van der Waals surface area (Å²) in [4.78, 5) is 2.46. The number of hydrogen-bond acceptors (Lipinski definition) is 2. The van der Waals surface area contributed by atoms with Crippen LogP contribution < -0.4 is 5.73 Å². The Hall–Kier alpha value is -0.570. The predicted octanol–water partition coefficient (Wildman–Crippen LogP) is 1.68. The fourth-order valence-corrected chi connectivity index (χ4v) is 2.05. The molecule has 0 saturated carbocycles. The molecule has 0 aromatic rings. The third-order valence-electron chi connectivity index (χ3n) is 3.21. The van der Waals surface area contributed by atoms with Gasteiger partial charge in [0.25, 0.3) is 0 Å². The Morgan fingerprint density at radius 2 is 2.36 bits per heavy atom. The van der Waals surface area contributed by atoms with Gasteiger partial charge in [-0.2, -0.15) is 0 Å². The molecule has 0 amide bonds. The van der Waals surface area contributed by atoms with Crippen molar-refractivity contribution in [1.29, 1.82) is 5.41 Å². The van der Waals surface area contributed by atoms with Crippen LogP contribution in [0.1, 0.15) is 33.1 Å². The summed E-state index contributed by atoms with van der Waals surface area (Å²) in [6, 6.07) is 0. The number of likely N-dealkylation sites (tertiary alicyclic amines) is 1. The third-order valence-corrected chi connectivity index (χ3v) is 3.21. The number of nitrogens with two attached hydrogens (primary N) is 1. The van der Waals surface area contributed by atoms with Crippen molar-refractivity contribution < 1.29 is 0 Å². The molecule has 1 aliphatic heterocycles. The summed E-state index contributed by atoms with van der Waals surface area (Å²) in [5.41, 5.74) is 5.55. The first-order valence-corrected chi connectivity index (χ1v) is 5.69. The van der Waals surface area contributed by atoms with Crippen molar-refractivity contribution in [3.8, 4) is 0 Å². The highest BCUT2D eigenvalue weighted by molar-refractivity contribution is 5.79. The Kier molecular flexibility index (Phi) is 4.39. The maximum Gasteiger partial charge on any atom is 0.0949 e. The molecule has 82 valence electrons. The lowest BCUT2D eigenvalue weighted by molar-refractivity contribution is 0.178. The van der Waals surface area contributed by atoms with Crippen molar-refractivity contribution in [2.75, 3.05) is 19.6 Å². The molecule has 0 bridgehead atoms. The lowest BCUT2D eigenvalue weighted by Crippen LogP contribution is -2.42. The fourth-order valence-electron chi connectivity index (χ4n) is 2.05. The minimum absolute atomic E-state index is 0.313. The zero-order valence-corrected chi connectivity index (χ0v) is 9.42. The maximum absolute atomic E-state index is 7.46. The number of nitrogens with zero attached hydrogens (tertiary/aromatic N) is 1. The van der Waals surface area contributed by atoms with Crippen molar-refractivity contribution in [1.82, 2.24) is 4.90 Å². The van der Waals surface area contributed by atoms with E-state index in [4.69, 9.17) is 11.1 Å². The standard InChI is InChI=1S/C11H23N3/c1-3-9(2)7-14-6-4-5-10(8-14)11(12)13/h9-10H,3-8H2,1-2H3,(H3,12,13). The molecule has 1 heterocycles. The van der Waals surface area contributed by atoms with Crippen molar-refractivity contribution >= 4 is 5.84 Å². The summed E-state index contributed by atoms with van der Waals surface area (Å²) < 4.78 is 0. The molecule has 3 heteroatoms. The topological polar surface area (TPSA) is 53.1 Å². The van der Waals surface area contributed by atoms with Crippen LogP contribution in [0, 0.1) is 17.2 Å². The van der Waals surface area contributed by atoms with Crippen LogP contribution in [0.15, 0.2) is 0 Å². The molecular formula is C11H23N3. The van der Waals surface area contributed by atoms with E-state index in [1.54, 1.807) is 0 Å². The summed E-state index contributed by atoms with van der Waals surface area (Å²) in [5, 5.41) is 7.46. The average molecular weight is 197 g/mol. The van der Waals surface area contributed by atoms with Crippen molar-refractivity contribution in [3.63, 3.8) is 0 Å². The van der Waals surface area contributed by atoms with Gasteiger partial charge in [-0.15, -0.1) is 0 Å². The first kappa shape index (κ1) is 11.5. The highest BCUT2D eigenvalue weighted by Crippen LogP contribution is 2.17. The number of rotatable bonds is 4. The van der Waals surface area contributed by atoms with E-state index in [2.05, 4.69) is 18.7 Å². The predicted molar refractivity (Wildman–Crippen MR) is 60.5 cm³/mol. The Morgan fingerprint density at radius 3 is 2.93 bits per heavy atom. The van der Waals surface area contributed by atoms with Gasteiger partial charge >= 0.3 is 0 Å². The van der Waals surface area contributed by atoms with E-state index >= 15 is 0 Å². The van der Waals surface area contributed by atoms with E-state index in [0.29, 0.717) is 11.8 Å². The zero-order chi connectivity index (χ0) is 10.6. The van der Waals surface area contributed by atoms with Gasteiger partial charge in [-0.1, -0.05) is 20.3 Å². The minimum atomic E-state index is 0.313. The average Bonchev–Trinajstić information content (AvgIpc) is 2.18. The highest BCUT2D eigenvalue weighted by atomic mass is 15.1. The molecule has 3 nitrogen and oxygen atoms in total. The number of piperidine rings is 1. The third kappa shape index (κ3) is 3.29. The smallest absolute Gasteiger partial charge is 0.0949 e. The van der Waals surface area contributed by atoms with Gasteiger partial charge in [-0.05, 0) is 25.3 Å². The van der Waals surface area contributed by atoms with Gasteiger partial charge in [0, 0.05) is 19.0 Å². The first-order chi connectivity index (χ1) is 6.63. The molecule has 1 fully saturated rings. The van der Waals surface area contributed by atoms with Gasteiger partial charge in [0.1, 0.15) is 0 Å². The van der Waals surface area contributed by atoms with E-state index in [1.807, 2.05) is 0 Å². The Balaban J connectivity index is 2.36. The highest BCUT2D eigenvalue weighted by Gasteiger charge is 2.22. The summed E-state index contributed by atoms with van der Waals surface area (Å²) in [6.07, 6.45) is 3.54. The minimum Gasteiger partial charge on any atom is -0.387 e. The SMILES string of the molecule is CCC(C)CN1CCCC(C(=N)N)C1. The van der Waals surface area contributed by atoms with E-state index in [-0.39, 0.29) is 0 Å². The lowest BCUT2D eigenvalue weighted by atomic mass is 9.96. The molecule has 3 N–H and O–H groups in total. The molecule has 2 atom stereocenters. The van der Waals surface area contributed by atoms with Crippen molar-refractivity contribution in [3.05, 3.63) is 0 Å². The van der Waals surface area contributed by atoms with Crippen LogP contribution in [0.25, 0.3) is 0 Å². The second-order valence-corrected chi connectivity index (χ2v) is 4.57. The van der Waals surface area contributed by atoms with E-state index in [9.17, 15) is 0 Å². The van der Waals surface area contributed by atoms with Crippen molar-refractivity contribution in [2.45, 2.75) is 33.1 Å². The molecule has 0 aliphatic carbocycles. The number of amidine groups is 1. The molecule has 1 aliphatic rings. The second kappa shape index (κ2) is 5.35. The Morgan fingerprint density at radius 1 is 1.64 bits per heavy atom. The molecule has 0 aromatic carbocycles. The van der Waals surface area contributed by atoms with E-state index in [0.717, 1.165) is 18.9 Å². The molecule has 14 heavy (non-hydrogen) atoms. The molecule has 0 spiro atoms. The number of hydrogen-bond donors (Lipinski definition) is 2. The normalized spacial score (nSPS) is 26.0. The lowest BCUT2D eigenvalue weighted by Gasteiger charge is -2.33. The van der Waals surface area contributed by atoms with Crippen LogP contribution in [-0.2, 0) is 0 Å². The van der Waals surface area contributed by atoms with Crippen LogP contribution >= 0.6 is 0 Å². The summed E-state index contributed by atoms with van der Waals surface area (Å²) in [6.45, 7) is 7.88. The monoisotopic (exact) mass is 197 g/mol. The van der Waals surface area contributed by atoms with Gasteiger partial charge in [-0.3, -0.25) is 5.41 Å². The van der Waals surface area contributed by atoms with Gasteiger partial charge in [0.05, 0.1) is 5.84 Å². The Bertz CT molecular complexity index is 191. The van der Waals surface area contributed by atoms with Crippen LogP contribution in [0.5, 0.6) is 0 Å². The quantitative estimate of drug-likeness (QED) is 0.532. The molecule has 2 unspecified atom stereocenters. The van der Waals surface area contributed by atoms with Gasteiger partial charge < -0.3 is 10.6 Å². The van der Waals surface area contributed by atoms with Gasteiger partial charge in [0.15, 0.2) is 0 Å². The van der Waals surface area contributed by atoms with Gasteiger partial charge in [-0.25, -0.2) is 0 Å². The molecule has 1 rings (SSSR count). The van der Waals surface area contributed by atoms with Crippen LogP contribution in [-0.4, -0.2) is 30.4 Å². The van der Waals surface area contributed by atoms with Crippen LogP contribution in [0.2, 0.25) is 0 Å². The molecular weight excluding hydrogens is 174 g/mol. The zero-order valence-electron chi connectivity index (χ0n) is 9.42. The fraction of sp³-hybridized carbons (Fsp3) is 0.909. The summed E-state index contributed by atoms with van der Waals surface area (Å²) in [5.74, 6) is 1.45. The van der Waals surface area contributed by atoms with Crippen LogP contribution in [0.3, 0.4) is 0 Å². The molecule has 0 radical (unpaired) electrons. The summed E-state index contributed by atoms with van der Waals surface area (Å²) >= 11 is 0. The Labute approximate surface area is 87.2 Å². The van der Waals surface area contributed by atoms with Gasteiger partial charge in [0.2, 0.25) is 0 Å². The van der Waals surface area contributed by atoms with E-state index < -0.39 is 0 Å². The second-order valence-electron chi connectivity index (χ2n) is 4.57. The van der Waals surface area contributed by atoms with Crippen LogP contribution in [0.4, 0.5) is 0 Å². The van der Waals surface area contributed by atoms with E-state index in [1.165, 1.54) is 25.9 Å². The number of nitrogens with one attached hydrogen (secondary N) is 1.